The van der Waals surface area contributed by atoms with E-state index in [0.717, 1.165) is 30.5 Å². The lowest BCUT2D eigenvalue weighted by molar-refractivity contribution is 0.433. The molecular formula is C26H36N6O. The highest BCUT2D eigenvalue weighted by Gasteiger charge is 2.19. The number of imidazole rings is 1. The van der Waals surface area contributed by atoms with E-state index < -0.39 is 0 Å². The summed E-state index contributed by atoms with van der Waals surface area (Å²) >= 11 is 0. The van der Waals surface area contributed by atoms with Crippen molar-refractivity contribution >= 4 is 28.5 Å². The topological polar surface area (TPSA) is 102 Å². The summed E-state index contributed by atoms with van der Waals surface area (Å²) in [6, 6.07) is 8.30. The molecule has 0 aliphatic heterocycles. The molecule has 1 aromatic carbocycles. The van der Waals surface area contributed by atoms with Gasteiger partial charge in [-0.05, 0) is 38.0 Å². The van der Waals surface area contributed by atoms with Crippen molar-refractivity contribution in [1.29, 1.82) is 0 Å². The van der Waals surface area contributed by atoms with Gasteiger partial charge in [-0.25, -0.2) is 4.98 Å². The summed E-state index contributed by atoms with van der Waals surface area (Å²) in [6.45, 7) is 15.0. The Bertz CT molecular complexity index is 1140. The van der Waals surface area contributed by atoms with Gasteiger partial charge < -0.3 is 20.7 Å². The van der Waals surface area contributed by atoms with Crippen molar-refractivity contribution in [3.63, 3.8) is 0 Å². The molecule has 0 saturated heterocycles. The van der Waals surface area contributed by atoms with Gasteiger partial charge in [0.2, 0.25) is 5.95 Å². The normalized spacial score (nSPS) is 11.8. The number of rotatable bonds is 9. The molecule has 0 fully saturated rings. The predicted octanol–water partition coefficient (Wildman–Crippen LogP) is 6.03. The zero-order valence-electron chi connectivity index (χ0n) is 20.4. The molecule has 3 aromatic rings. The van der Waals surface area contributed by atoms with Crippen molar-refractivity contribution < 1.29 is 5.11 Å². The number of aliphatic hydroxyl groups excluding tert-OH is 1. The fraction of sp³-hybridized carbons (Fsp3) is 0.346. The van der Waals surface area contributed by atoms with Gasteiger partial charge in [-0.15, -0.1) is 0 Å². The van der Waals surface area contributed by atoms with E-state index in [2.05, 4.69) is 48.9 Å². The number of nitrogens with two attached hydrogens (primary N) is 1. The Kier molecular flexibility index (Phi) is 9.66. The first-order valence-electron chi connectivity index (χ1n) is 11.5. The van der Waals surface area contributed by atoms with Crippen LogP contribution < -0.4 is 11.1 Å². The minimum Gasteiger partial charge on any atom is -0.508 e. The van der Waals surface area contributed by atoms with Crippen LogP contribution in [0, 0.1) is 6.92 Å². The van der Waals surface area contributed by atoms with Crippen molar-refractivity contribution in [2.24, 2.45) is 0 Å². The van der Waals surface area contributed by atoms with Crippen LogP contribution in [-0.2, 0) is 6.54 Å². The summed E-state index contributed by atoms with van der Waals surface area (Å²) < 4.78 is 2.01. The summed E-state index contributed by atoms with van der Waals surface area (Å²) in [5.74, 6) is 1.52. The molecule has 0 atom stereocenters. The first-order chi connectivity index (χ1) is 16.0. The monoisotopic (exact) mass is 448 g/mol. The standard InChI is InChI=1S/C24H30N6O.C2H6/c1-5-8-12-26-24-28-21(25)20-23(29-24)30(15-17-11-9-10-16(4)13-17)22(27-20)18(6-2)14-19(31)7-3;1-2/h6-7,9-11,13-14,31H,3,5,8,12,15H2,1-2,4H3,(H3,25,26,28,29);1-2H3/b18-6+,19-14+;. The summed E-state index contributed by atoms with van der Waals surface area (Å²) in [7, 11) is 0. The van der Waals surface area contributed by atoms with E-state index in [1.807, 2.05) is 37.5 Å². The van der Waals surface area contributed by atoms with Crippen LogP contribution in [0.15, 0.2) is 54.8 Å². The SMILES string of the molecule is C=C/C(O)=C\C(=C/C)c1nc2c(N)nc(NCCCC)nc2n1Cc1cccc(C)c1.CC. The average Bonchev–Trinajstić information content (AvgIpc) is 3.17. The molecule has 0 bridgehead atoms. The lowest BCUT2D eigenvalue weighted by atomic mass is 10.1. The van der Waals surface area contributed by atoms with Gasteiger partial charge in [0.25, 0.3) is 0 Å². The number of nitrogens with zero attached hydrogens (tertiary/aromatic N) is 4. The molecule has 0 unspecified atom stereocenters. The van der Waals surface area contributed by atoms with E-state index in [9.17, 15) is 5.11 Å². The number of hydrogen-bond acceptors (Lipinski definition) is 6. The molecule has 4 N–H and O–H groups in total. The predicted molar refractivity (Wildman–Crippen MR) is 139 cm³/mol. The summed E-state index contributed by atoms with van der Waals surface area (Å²) in [4.78, 5) is 13.9. The van der Waals surface area contributed by atoms with E-state index in [4.69, 9.17) is 15.7 Å². The molecule has 2 heterocycles. The van der Waals surface area contributed by atoms with Crippen LogP contribution in [0.3, 0.4) is 0 Å². The number of unbranched alkanes of at least 4 members (excludes halogenated alkanes) is 1. The first kappa shape index (κ1) is 25.6. The number of fused-ring (bicyclic) bond motifs is 1. The first-order valence-corrected chi connectivity index (χ1v) is 11.5. The third kappa shape index (κ3) is 6.44. The minimum absolute atomic E-state index is 0.0586. The van der Waals surface area contributed by atoms with Crippen LogP contribution >= 0.6 is 0 Å². The number of anilines is 2. The molecule has 3 rings (SSSR count). The summed E-state index contributed by atoms with van der Waals surface area (Å²) in [5.41, 5.74) is 10.5. The number of nitrogen functional groups attached to an aromatic ring is 1. The Morgan fingerprint density at radius 2 is 2.00 bits per heavy atom. The van der Waals surface area contributed by atoms with E-state index in [1.165, 1.54) is 11.6 Å². The second-order valence-corrected chi connectivity index (χ2v) is 7.41. The Hall–Kier alpha value is -3.61. The van der Waals surface area contributed by atoms with Crippen molar-refractivity contribution in [2.45, 2.75) is 54.0 Å². The molecule has 0 amide bonds. The number of benzene rings is 1. The van der Waals surface area contributed by atoms with E-state index in [-0.39, 0.29) is 5.76 Å². The smallest absolute Gasteiger partial charge is 0.226 e. The fourth-order valence-corrected chi connectivity index (χ4v) is 3.34. The number of aryl methyl sites for hydroxylation is 1. The molecule has 33 heavy (non-hydrogen) atoms. The number of allylic oxidation sites excluding steroid dienone is 4. The molecule has 0 radical (unpaired) electrons. The Morgan fingerprint density at radius 1 is 1.24 bits per heavy atom. The maximum Gasteiger partial charge on any atom is 0.226 e. The van der Waals surface area contributed by atoms with Crippen molar-refractivity contribution in [1.82, 2.24) is 19.5 Å². The van der Waals surface area contributed by atoms with Gasteiger partial charge in [-0.1, -0.05) is 69.7 Å². The van der Waals surface area contributed by atoms with Crippen LogP contribution in [0.1, 0.15) is 57.5 Å². The molecule has 7 nitrogen and oxygen atoms in total. The van der Waals surface area contributed by atoms with E-state index >= 15 is 0 Å². The third-order valence-corrected chi connectivity index (χ3v) is 4.94. The quantitative estimate of drug-likeness (QED) is 0.210. The van der Waals surface area contributed by atoms with Crippen LogP contribution in [0.2, 0.25) is 0 Å². The summed E-state index contributed by atoms with van der Waals surface area (Å²) in [6.07, 6.45) is 7.00. The summed E-state index contributed by atoms with van der Waals surface area (Å²) in [5, 5.41) is 13.3. The van der Waals surface area contributed by atoms with Gasteiger partial charge >= 0.3 is 0 Å². The van der Waals surface area contributed by atoms with Crippen LogP contribution in [0.4, 0.5) is 11.8 Å². The van der Waals surface area contributed by atoms with E-state index in [0.29, 0.717) is 35.3 Å². The van der Waals surface area contributed by atoms with Gasteiger partial charge in [-0.3, -0.25) is 0 Å². The second-order valence-electron chi connectivity index (χ2n) is 7.41. The van der Waals surface area contributed by atoms with Crippen LogP contribution in [0.5, 0.6) is 0 Å². The molecule has 0 aliphatic carbocycles. The Labute approximate surface area is 196 Å². The van der Waals surface area contributed by atoms with Crippen LogP contribution in [0.25, 0.3) is 16.7 Å². The minimum atomic E-state index is 0.0586. The highest BCUT2D eigenvalue weighted by molar-refractivity contribution is 5.87. The Morgan fingerprint density at radius 3 is 2.64 bits per heavy atom. The van der Waals surface area contributed by atoms with Gasteiger partial charge in [0.05, 0.1) is 6.54 Å². The lowest BCUT2D eigenvalue weighted by Crippen LogP contribution is -2.09. The van der Waals surface area contributed by atoms with Gasteiger partial charge in [0, 0.05) is 12.1 Å². The zero-order chi connectivity index (χ0) is 24.4. The maximum atomic E-state index is 10.0. The maximum absolute atomic E-state index is 10.0. The number of aliphatic hydroxyl groups is 1. The number of nitrogens with one attached hydrogen (secondary N) is 1. The number of hydrogen-bond donors (Lipinski definition) is 3. The van der Waals surface area contributed by atoms with Gasteiger partial charge in [-0.2, -0.15) is 9.97 Å². The van der Waals surface area contributed by atoms with Crippen molar-refractivity contribution in [2.75, 3.05) is 17.6 Å². The fourth-order valence-electron chi connectivity index (χ4n) is 3.34. The molecule has 0 spiro atoms. The second kappa shape index (κ2) is 12.4. The number of aromatic nitrogens is 4. The lowest BCUT2D eigenvalue weighted by Gasteiger charge is -2.11. The molecule has 176 valence electrons. The Balaban J connectivity index is 0.00000187. The van der Waals surface area contributed by atoms with Crippen LogP contribution in [-0.4, -0.2) is 31.2 Å². The zero-order valence-corrected chi connectivity index (χ0v) is 20.4. The van der Waals surface area contributed by atoms with Gasteiger partial charge in [0.15, 0.2) is 17.0 Å². The van der Waals surface area contributed by atoms with Gasteiger partial charge in [0.1, 0.15) is 11.6 Å². The highest BCUT2D eigenvalue weighted by atomic mass is 16.3. The molecule has 2 aromatic heterocycles. The van der Waals surface area contributed by atoms with E-state index in [1.54, 1.807) is 6.08 Å². The highest BCUT2D eigenvalue weighted by Crippen LogP contribution is 2.27. The average molecular weight is 449 g/mol. The molecular weight excluding hydrogens is 412 g/mol. The van der Waals surface area contributed by atoms with Crippen molar-refractivity contribution in [3.05, 3.63) is 71.8 Å². The largest absolute Gasteiger partial charge is 0.508 e. The third-order valence-electron chi connectivity index (χ3n) is 4.94. The molecule has 0 saturated carbocycles. The van der Waals surface area contributed by atoms with Crippen molar-refractivity contribution in [3.8, 4) is 0 Å². The molecule has 7 heteroatoms. The molecule has 0 aliphatic rings.